The quantitative estimate of drug-likeness (QED) is 0.663. The summed E-state index contributed by atoms with van der Waals surface area (Å²) in [6.07, 6.45) is 0.876. The summed E-state index contributed by atoms with van der Waals surface area (Å²) in [7, 11) is -1.75. The Morgan fingerprint density at radius 2 is 2.08 bits per heavy atom. The molecule has 0 unspecified atom stereocenters. The number of methoxy groups -OCH3 is 1. The number of sulfonamides is 1. The summed E-state index contributed by atoms with van der Waals surface area (Å²) in [6.45, 7) is 1.71. The van der Waals surface area contributed by atoms with Crippen LogP contribution in [-0.4, -0.2) is 64.3 Å². The highest BCUT2D eigenvalue weighted by molar-refractivity contribution is 9.10. The van der Waals surface area contributed by atoms with E-state index in [0.29, 0.717) is 39.1 Å². The Bertz CT molecular complexity index is 690. The van der Waals surface area contributed by atoms with Crippen LogP contribution < -0.4 is 10.1 Å². The van der Waals surface area contributed by atoms with E-state index in [1.54, 1.807) is 7.11 Å². The van der Waals surface area contributed by atoms with Crippen molar-refractivity contribution in [3.8, 4) is 5.75 Å². The van der Waals surface area contributed by atoms with E-state index in [0.717, 1.165) is 15.8 Å². The molecular formula is C16H23BrN2O5S. The van der Waals surface area contributed by atoms with Gasteiger partial charge in [0.25, 0.3) is 0 Å². The summed E-state index contributed by atoms with van der Waals surface area (Å²) in [5.41, 5.74) is 1.00. The highest BCUT2D eigenvalue weighted by atomic mass is 79.9. The van der Waals surface area contributed by atoms with E-state index >= 15 is 0 Å². The number of benzene rings is 1. The van der Waals surface area contributed by atoms with Crippen LogP contribution in [0.2, 0.25) is 0 Å². The molecule has 0 radical (unpaired) electrons. The molecule has 0 aromatic heterocycles. The number of aryl methyl sites for hydroxylation is 1. The van der Waals surface area contributed by atoms with Crippen LogP contribution in [0.3, 0.4) is 0 Å². The van der Waals surface area contributed by atoms with Crippen LogP contribution >= 0.6 is 15.9 Å². The van der Waals surface area contributed by atoms with Gasteiger partial charge in [0.1, 0.15) is 5.75 Å². The number of rotatable bonds is 8. The molecular weight excluding hydrogens is 412 g/mol. The number of hydrogen-bond donors (Lipinski definition) is 1. The number of carbonyl (C=O) groups is 1. The third-order valence-corrected chi connectivity index (χ3v) is 6.39. The zero-order chi connectivity index (χ0) is 18.3. The summed E-state index contributed by atoms with van der Waals surface area (Å²) < 4.78 is 36.9. The van der Waals surface area contributed by atoms with Gasteiger partial charge in [0, 0.05) is 26.1 Å². The largest absolute Gasteiger partial charge is 0.496 e. The van der Waals surface area contributed by atoms with Gasteiger partial charge in [-0.3, -0.25) is 4.79 Å². The molecule has 0 spiro atoms. The molecule has 2 rings (SSSR count). The maximum absolute atomic E-state index is 12.1. The fourth-order valence-corrected chi connectivity index (χ4v) is 4.40. The van der Waals surface area contributed by atoms with Crippen molar-refractivity contribution >= 4 is 31.9 Å². The van der Waals surface area contributed by atoms with Crippen LogP contribution in [0.15, 0.2) is 22.7 Å². The molecule has 1 N–H and O–H groups in total. The fourth-order valence-electron chi connectivity index (χ4n) is 2.48. The molecule has 1 aliphatic heterocycles. The molecule has 0 aliphatic carbocycles. The van der Waals surface area contributed by atoms with Crippen LogP contribution in [0.25, 0.3) is 0 Å². The number of halogens is 1. The van der Waals surface area contributed by atoms with Crippen molar-refractivity contribution in [1.29, 1.82) is 0 Å². The number of morpholine rings is 1. The summed E-state index contributed by atoms with van der Waals surface area (Å²) in [5, 5.41) is 2.67. The Balaban J connectivity index is 1.72. The minimum absolute atomic E-state index is 0.0905. The van der Waals surface area contributed by atoms with Gasteiger partial charge in [0.2, 0.25) is 15.9 Å². The Morgan fingerprint density at radius 1 is 1.36 bits per heavy atom. The lowest BCUT2D eigenvalue weighted by atomic mass is 10.1. The number of amides is 1. The number of nitrogens with one attached hydrogen (secondary N) is 1. The van der Waals surface area contributed by atoms with E-state index in [9.17, 15) is 13.2 Å². The molecule has 1 aliphatic rings. The molecule has 25 heavy (non-hydrogen) atoms. The van der Waals surface area contributed by atoms with Gasteiger partial charge in [-0.15, -0.1) is 0 Å². The van der Waals surface area contributed by atoms with Gasteiger partial charge in [0.15, 0.2) is 0 Å². The van der Waals surface area contributed by atoms with Crippen LogP contribution in [0.5, 0.6) is 5.75 Å². The second-order valence-corrected chi connectivity index (χ2v) is 8.59. The number of carbonyl (C=O) groups excluding carboxylic acids is 1. The SMILES string of the molecule is COc1ccc(CCC(=O)NCCS(=O)(=O)N2CCOCC2)cc1Br. The second kappa shape index (κ2) is 9.51. The minimum atomic E-state index is -3.34. The van der Waals surface area contributed by atoms with Gasteiger partial charge in [-0.25, -0.2) is 8.42 Å². The van der Waals surface area contributed by atoms with Gasteiger partial charge < -0.3 is 14.8 Å². The molecule has 1 aromatic rings. The monoisotopic (exact) mass is 434 g/mol. The number of hydrogen-bond acceptors (Lipinski definition) is 5. The lowest BCUT2D eigenvalue weighted by molar-refractivity contribution is -0.120. The molecule has 7 nitrogen and oxygen atoms in total. The summed E-state index contributed by atoms with van der Waals surface area (Å²) in [6, 6.07) is 5.65. The minimum Gasteiger partial charge on any atom is -0.496 e. The lowest BCUT2D eigenvalue weighted by Gasteiger charge is -2.26. The predicted octanol–water partition coefficient (Wildman–Crippen LogP) is 1.17. The predicted molar refractivity (Wildman–Crippen MR) is 98.2 cm³/mol. The van der Waals surface area contributed by atoms with Crippen molar-refractivity contribution in [2.75, 3.05) is 45.7 Å². The third-order valence-electron chi connectivity index (χ3n) is 3.90. The maximum atomic E-state index is 12.1. The summed E-state index contributed by atoms with van der Waals surface area (Å²) in [5.74, 6) is 0.484. The summed E-state index contributed by atoms with van der Waals surface area (Å²) in [4.78, 5) is 11.9. The van der Waals surface area contributed by atoms with E-state index in [1.165, 1.54) is 4.31 Å². The van der Waals surface area contributed by atoms with Crippen LogP contribution in [0, 0.1) is 0 Å². The second-order valence-electron chi connectivity index (χ2n) is 5.65. The standard InChI is InChI=1S/C16H23BrN2O5S/c1-23-15-4-2-13(12-14(15)17)3-5-16(20)18-6-11-25(21,22)19-7-9-24-10-8-19/h2,4,12H,3,5-11H2,1H3,(H,18,20). The molecule has 0 bridgehead atoms. The molecule has 0 atom stereocenters. The first kappa shape index (κ1) is 20.2. The maximum Gasteiger partial charge on any atom is 0.220 e. The lowest BCUT2D eigenvalue weighted by Crippen LogP contribution is -2.43. The van der Waals surface area contributed by atoms with Crippen LogP contribution in [-0.2, 0) is 26.0 Å². The normalized spacial score (nSPS) is 15.8. The highest BCUT2D eigenvalue weighted by Gasteiger charge is 2.23. The van der Waals surface area contributed by atoms with Crippen molar-refractivity contribution in [1.82, 2.24) is 9.62 Å². The Hall–Kier alpha value is -1.16. The first-order chi connectivity index (χ1) is 11.9. The van der Waals surface area contributed by atoms with Crippen molar-refractivity contribution in [2.45, 2.75) is 12.8 Å². The molecule has 9 heteroatoms. The Labute approximate surface area is 156 Å². The topological polar surface area (TPSA) is 84.9 Å². The zero-order valence-corrected chi connectivity index (χ0v) is 16.6. The van der Waals surface area contributed by atoms with Gasteiger partial charge in [-0.05, 0) is 40.0 Å². The number of nitrogens with zero attached hydrogens (tertiary/aromatic N) is 1. The highest BCUT2D eigenvalue weighted by Crippen LogP contribution is 2.25. The molecule has 1 saturated heterocycles. The third kappa shape index (κ3) is 6.25. The van der Waals surface area contributed by atoms with Gasteiger partial charge in [-0.2, -0.15) is 4.31 Å². The molecule has 1 heterocycles. The molecule has 1 amide bonds. The molecule has 140 valence electrons. The zero-order valence-electron chi connectivity index (χ0n) is 14.2. The van der Waals surface area contributed by atoms with Gasteiger partial charge in [0.05, 0.1) is 30.5 Å². The fraction of sp³-hybridized carbons (Fsp3) is 0.562. The van der Waals surface area contributed by atoms with Gasteiger partial charge in [-0.1, -0.05) is 6.07 Å². The Kier molecular flexibility index (Phi) is 7.67. The average Bonchev–Trinajstić information content (AvgIpc) is 2.60. The van der Waals surface area contributed by atoms with E-state index in [4.69, 9.17) is 9.47 Å². The van der Waals surface area contributed by atoms with Crippen molar-refractivity contribution in [2.24, 2.45) is 0 Å². The Morgan fingerprint density at radius 3 is 2.72 bits per heavy atom. The summed E-state index contributed by atoms with van der Waals surface area (Å²) >= 11 is 3.41. The average molecular weight is 435 g/mol. The van der Waals surface area contributed by atoms with Crippen LogP contribution in [0.4, 0.5) is 0 Å². The van der Waals surface area contributed by atoms with E-state index < -0.39 is 10.0 Å². The van der Waals surface area contributed by atoms with E-state index in [1.807, 2.05) is 18.2 Å². The van der Waals surface area contributed by atoms with Crippen molar-refractivity contribution in [3.63, 3.8) is 0 Å². The smallest absolute Gasteiger partial charge is 0.220 e. The first-order valence-electron chi connectivity index (χ1n) is 8.07. The van der Waals surface area contributed by atoms with Crippen molar-refractivity contribution in [3.05, 3.63) is 28.2 Å². The van der Waals surface area contributed by atoms with E-state index in [2.05, 4.69) is 21.2 Å². The molecule has 1 aromatic carbocycles. The molecule has 1 fully saturated rings. The number of ether oxygens (including phenoxy) is 2. The van der Waals surface area contributed by atoms with Crippen molar-refractivity contribution < 1.29 is 22.7 Å². The first-order valence-corrected chi connectivity index (χ1v) is 10.5. The molecule has 0 saturated carbocycles. The van der Waals surface area contributed by atoms with Crippen LogP contribution in [0.1, 0.15) is 12.0 Å². The van der Waals surface area contributed by atoms with E-state index in [-0.39, 0.29) is 18.2 Å². The van der Waals surface area contributed by atoms with Gasteiger partial charge >= 0.3 is 0 Å².